The van der Waals surface area contributed by atoms with Gasteiger partial charge in [0.25, 0.3) is 0 Å². The minimum absolute atomic E-state index is 0.177. The number of hydrogen-bond acceptors (Lipinski definition) is 4. The van der Waals surface area contributed by atoms with Crippen LogP contribution in [0, 0.1) is 0 Å². The fourth-order valence-corrected chi connectivity index (χ4v) is 2.87. The molecule has 112 valence electrons. The lowest BCUT2D eigenvalue weighted by molar-refractivity contribution is 0.590. The Morgan fingerprint density at radius 3 is 2.33 bits per heavy atom. The van der Waals surface area contributed by atoms with Crippen molar-refractivity contribution in [3.8, 4) is 0 Å². The smallest absolute Gasteiger partial charge is 0.132 e. The molecule has 1 aromatic carbocycles. The number of rotatable bonds is 4. The first-order valence-corrected chi connectivity index (χ1v) is 8.12. The molecule has 0 saturated carbocycles. The van der Waals surface area contributed by atoms with Gasteiger partial charge in [0.1, 0.15) is 16.7 Å². The van der Waals surface area contributed by atoms with Crippen LogP contribution in [0.1, 0.15) is 45.5 Å². The van der Waals surface area contributed by atoms with E-state index in [1.807, 2.05) is 6.07 Å². The second-order valence-electron chi connectivity index (χ2n) is 6.17. The van der Waals surface area contributed by atoms with E-state index in [1.165, 1.54) is 10.5 Å². The second-order valence-corrected chi connectivity index (χ2v) is 7.27. The summed E-state index contributed by atoms with van der Waals surface area (Å²) < 4.78 is 0. The Kier molecular flexibility index (Phi) is 4.88. The molecule has 0 radical (unpaired) electrons. The van der Waals surface area contributed by atoms with E-state index in [9.17, 15) is 0 Å². The van der Waals surface area contributed by atoms with Crippen LogP contribution in [0.4, 0.5) is 5.82 Å². The lowest BCUT2D eigenvalue weighted by atomic mass is 9.87. The third kappa shape index (κ3) is 4.46. The quantitative estimate of drug-likeness (QED) is 0.847. The monoisotopic (exact) mass is 301 g/mol. The fourth-order valence-electron chi connectivity index (χ4n) is 2.02. The fraction of sp³-hybridized carbons (Fsp3) is 0.412. The van der Waals surface area contributed by atoms with E-state index in [0.29, 0.717) is 5.82 Å². The molecule has 21 heavy (non-hydrogen) atoms. The summed E-state index contributed by atoms with van der Waals surface area (Å²) in [6, 6.07) is 10.5. The predicted molar refractivity (Wildman–Crippen MR) is 89.7 cm³/mol. The number of nitrogens with two attached hydrogens (primary N) is 1. The van der Waals surface area contributed by atoms with E-state index in [2.05, 4.69) is 61.9 Å². The van der Waals surface area contributed by atoms with Gasteiger partial charge in [0.2, 0.25) is 0 Å². The highest BCUT2D eigenvalue weighted by molar-refractivity contribution is 7.99. The highest BCUT2D eigenvalue weighted by Gasteiger charge is 2.13. The van der Waals surface area contributed by atoms with Crippen LogP contribution in [0.2, 0.25) is 0 Å². The maximum atomic E-state index is 5.86. The summed E-state index contributed by atoms with van der Waals surface area (Å²) in [5, 5.41) is 0.912. The van der Waals surface area contributed by atoms with Gasteiger partial charge in [0, 0.05) is 17.4 Å². The Morgan fingerprint density at radius 1 is 1.10 bits per heavy atom. The van der Waals surface area contributed by atoms with E-state index >= 15 is 0 Å². The molecular weight excluding hydrogens is 278 g/mol. The summed E-state index contributed by atoms with van der Waals surface area (Å²) >= 11 is 1.63. The molecule has 0 amide bonds. The van der Waals surface area contributed by atoms with E-state index in [1.54, 1.807) is 11.8 Å². The zero-order chi connectivity index (χ0) is 15.5. The number of anilines is 1. The molecular formula is C17H23N3S. The molecule has 1 heterocycles. The number of nitrogens with zero attached hydrogens (tertiary/aromatic N) is 2. The van der Waals surface area contributed by atoms with Crippen molar-refractivity contribution in [2.45, 2.75) is 55.9 Å². The Morgan fingerprint density at radius 2 is 1.76 bits per heavy atom. The number of nitrogen functional groups attached to an aromatic ring is 1. The van der Waals surface area contributed by atoms with E-state index in [-0.39, 0.29) is 5.41 Å². The lowest BCUT2D eigenvalue weighted by Gasteiger charge is -2.19. The van der Waals surface area contributed by atoms with Crippen molar-refractivity contribution in [3.05, 3.63) is 41.7 Å². The standard InChI is InChI=1S/C17H23N3S/c1-5-6-15-19-14(18)11-16(20-15)21-13-9-7-12(8-10-13)17(2,3)4/h7-11H,5-6H2,1-4H3,(H2,18,19,20). The molecule has 0 aliphatic heterocycles. The Hall–Kier alpha value is -1.55. The third-order valence-electron chi connectivity index (χ3n) is 3.19. The number of aromatic nitrogens is 2. The minimum Gasteiger partial charge on any atom is -0.384 e. The summed E-state index contributed by atoms with van der Waals surface area (Å²) in [6.45, 7) is 8.77. The highest BCUT2D eigenvalue weighted by atomic mass is 32.2. The molecule has 2 aromatic rings. The molecule has 2 rings (SSSR count). The van der Waals surface area contributed by atoms with Gasteiger partial charge in [-0.05, 0) is 29.5 Å². The minimum atomic E-state index is 0.177. The van der Waals surface area contributed by atoms with Gasteiger partial charge in [-0.15, -0.1) is 0 Å². The molecule has 0 fully saturated rings. The molecule has 2 N–H and O–H groups in total. The van der Waals surface area contributed by atoms with Crippen molar-refractivity contribution in [2.75, 3.05) is 5.73 Å². The van der Waals surface area contributed by atoms with Crippen molar-refractivity contribution in [1.82, 2.24) is 9.97 Å². The summed E-state index contributed by atoms with van der Waals surface area (Å²) in [5.41, 5.74) is 7.37. The summed E-state index contributed by atoms with van der Waals surface area (Å²) in [5.74, 6) is 1.37. The first-order valence-electron chi connectivity index (χ1n) is 7.30. The molecule has 0 bridgehead atoms. The molecule has 0 aliphatic carbocycles. The van der Waals surface area contributed by atoms with Crippen molar-refractivity contribution in [2.24, 2.45) is 0 Å². The summed E-state index contributed by atoms with van der Waals surface area (Å²) in [6.07, 6.45) is 1.88. The Bertz CT molecular complexity index is 600. The molecule has 0 unspecified atom stereocenters. The zero-order valence-corrected chi connectivity index (χ0v) is 14.0. The molecule has 0 spiro atoms. The summed E-state index contributed by atoms with van der Waals surface area (Å²) in [7, 11) is 0. The van der Waals surface area contributed by atoms with Gasteiger partial charge in [-0.25, -0.2) is 9.97 Å². The SMILES string of the molecule is CCCc1nc(N)cc(Sc2ccc(C(C)(C)C)cc2)n1. The van der Waals surface area contributed by atoms with Crippen LogP contribution < -0.4 is 5.73 Å². The Balaban J connectivity index is 2.18. The van der Waals surface area contributed by atoms with Crippen molar-refractivity contribution in [3.63, 3.8) is 0 Å². The number of aryl methyl sites for hydroxylation is 1. The average molecular weight is 301 g/mol. The van der Waals surface area contributed by atoms with Crippen LogP contribution >= 0.6 is 11.8 Å². The number of benzene rings is 1. The van der Waals surface area contributed by atoms with Crippen molar-refractivity contribution in [1.29, 1.82) is 0 Å². The van der Waals surface area contributed by atoms with Crippen LogP contribution in [0.5, 0.6) is 0 Å². The highest BCUT2D eigenvalue weighted by Crippen LogP contribution is 2.30. The maximum absolute atomic E-state index is 5.86. The van der Waals surface area contributed by atoms with Gasteiger partial charge in [-0.3, -0.25) is 0 Å². The second kappa shape index (κ2) is 6.48. The van der Waals surface area contributed by atoms with E-state index in [4.69, 9.17) is 5.73 Å². The van der Waals surface area contributed by atoms with Crippen LogP contribution in [0.15, 0.2) is 40.3 Å². The van der Waals surface area contributed by atoms with E-state index < -0.39 is 0 Å². The van der Waals surface area contributed by atoms with Gasteiger partial charge < -0.3 is 5.73 Å². The van der Waals surface area contributed by atoms with Gasteiger partial charge in [-0.2, -0.15) is 0 Å². The van der Waals surface area contributed by atoms with Crippen LogP contribution in [0.3, 0.4) is 0 Å². The van der Waals surface area contributed by atoms with E-state index in [0.717, 1.165) is 23.7 Å². The normalized spacial score (nSPS) is 11.6. The average Bonchev–Trinajstić information content (AvgIpc) is 2.38. The maximum Gasteiger partial charge on any atom is 0.132 e. The van der Waals surface area contributed by atoms with Crippen molar-refractivity contribution >= 4 is 17.6 Å². The van der Waals surface area contributed by atoms with Crippen LogP contribution in [-0.4, -0.2) is 9.97 Å². The van der Waals surface area contributed by atoms with Gasteiger partial charge in [0.05, 0.1) is 0 Å². The molecule has 0 aliphatic rings. The number of hydrogen-bond donors (Lipinski definition) is 1. The van der Waals surface area contributed by atoms with Gasteiger partial charge >= 0.3 is 0 Å². The molecule has 4 heteroatoms. The van der Waals surface area contributed by atoms with Crippen LogP contribution in [-0.2, 0) is 11.8 Å². The van der Waals surface area contributed by atoms with Gasteiger partial charge in [-0.1, -0.05) is 51.6 Å². The van der Waals surface area contributed by atoms with Crippen molar-refractivity contribution < 1.29 is 0 Å². The predicted octanol–water partition coefficient (Wildman–Crippen LogP) is 4.46. The molecule has 0 atom stereocenters. The Labute approximate surface area is 131 Å². The largest absolute Gasteiger partial charge is 0.384 e. The zero-order valence-electron chi connectivity index (χ0n) is 13.2. The first kappa shape index (κ1) is 15.8. The third-order valence-corrected chi connectivity index (χ3v) is 4.11. The molecule has 0 saturated heterocycles. The topological polar surface area (TPSA) is 51.8 Å². The molecule has 3 nitrogen and oxygen atoms in total. The summed E-state index contributed by atoms with van der Waals surface area (Å²) in [4.78, 5) is 10.00. The molecule has 1 aromatic heterocycles. The lowest BCUT2D eigenvalue weighted by Crippen LogP contribution is -2.10. The first-order chi connectivity index (χ1) is 9.88. The van der Waals surface area contributed by atoms with Gasteiger partial charge in [0.15, 0.2) is 0 Å². The van der Waals surface area contributed by atoms with Crippen LogP contribution in [0.25, 0.3) is 0 Å².